The highest BCUT2D eigenvalue weighted by atomic mass is 35.5. The average molecular weight is 589 g/mol. The van der Waals surface area contributed by atoms with Crippen molar-refractivity contribution in [3.63, 3.8) is 0 Å². The van der Waals surface area contributed by atoms with Crippen molar-refractivity contribution < 1.29 is 23.7 Å². The summed E-state index contributed by atoms with van der Waals surface area (Å²) >= 11 is 12.2. The number of H-pyrrole nitrogens is 2. The Morgan fingerprint density at radius 1 is 0.707 bits per heavy atom. The molecule has 0 saturated carbocycles. The zero-order valence-electron chi connectivity index (χ0n) is 21.3. The van der Waals surface area contributed by atoms with E-state index in [9.17, 15) is 4.79 Å². The van der Waals surface area contributed by atoms with Crippen LogP contribution in [0.25, 0.3) is 22.1 Å². The van der Waals surface area contributed by atoms with E-state index in [0.29, 0.717) is 58.1 Å². The molecular weight excluding hydrogens is 567 g/mol. The third-order valence-electron chi connectivity index (χ3n) is 6.20. The number of fused-ring (bicyclic) bond motifs is 2. The Morgan fingerprint density at radius 2 is 1.22 bits per heavy atom. The number of nitrogens with zero attached hydrogens (tertiary/aromatic N) is 2. The van der Waals surface area contributed by atoms with Gasteiger partial charge in [-0.05, 0) is 54.6 Å². The maximum atomic E-state index is 10.7. The molecule has 41 heavy (non-hydrogen) atoms. The molecule has 4 aromatic carbocycles. The van der Waals surface area contributed by atoms with Crippen LogP contribution in [-0.4, -0.2) is 39.4 Å². The van der Waals surface area contributed by atoms with Gasteiger partial charge in [-0.25, -0.2) is 9.97 Å². The third-order valence-corrected chi connectivity index (χ3v) is 6.86. The summed E-state index contributed by atoms with van der Waals surface area (Å²) in [5, 5.41) is 0.933. The Kier molecular flexibility index (Phi) is 7.84. The second-order valence-corrected chi connectivity index (χ2v) is 9.74. The Balaban J connectivity index is 0.000000149. The minimum Gasteiger partial charge on any atom is -0.457 e. The second-order valence-electron chi connectivity index (χ2n) is 8.93. The van der Waals surface area contributed by atoms with Gasteiger partial charge in [0.1, 0.15) is 23.0 Å². The molecule has 2 N–H and O–H groups in total. The molecule has 6 aromatic rings. The van der Waals surface area contributed by atoms with Gasteiger partial charge < -0.3 is 28.9 Å². The molecule has 206 valence electrons. The molecular formula is C30H22Cl2N4O5. The number of benzene rings is 4. The highest BCUT2D eigenvalue weighted by Crippen LogP contribution is 2.34. The number of halogens is 2. The average Bonchev–Trinajstić information content (AvgIpc) is 3.75. The highest BCUT2D eigenvalue weighted by molar-refractivity contribution is 6.33. The lowest BCUT2D eigenvalue weighted by Gasteiger charge is -2.13. The first-order valence-electron chi connectivity index (χ1n) is 12.5. The van der Waals surface area contributed by atoms with Gasteiger partial charge in [0.05, 0.1) is 58.0 Å². The van der Waals surface area contributed by atoms with Gasteiger partial charge in [0.15, 0.2) is 12.6 Å². The molecule has 7 rings (SSSR count). The molecule has 0 aliphatic carbocycles. The molecule has 1 aliphatic rings. The van der Waals surface area contributed by atoms with Crippen LogP contribution in [0.1, 0.15) is 22.2 Å². The zero-order chi connectivity index (χ0) is 28.2. The number of aromatic nitrogens is 4. The zero-order valence-corrected chi connectivity index (χ0v) is 22.9. The van der Waals surface area contributed by atoms with Crippen LogP contribution in [0.3, 0.4) is 0 Å². The van der Waals surface area contributed by atoms with Crippen LogP contribution in [0.4, 0.5) is 0 Å². The van der Waals surface area contributed by atoms with Crippen molar-refractivity contribution in [1.82, 2.24) is 19.9 Å². The molecule has 2 aromatic heterocycles. The van der Waals surface area contributed by atoms with E-state index in [1.807, 2.05) is 48.5 Å². The van der Waals surface area contributed by atoms with Crippen LogP contribution < -0.4 is 9.47 Å². The monoisotopic (exact) mass is 588 g/mol. The van der Waals surface area contributed by atoms with Crippen LogP contribution >= 0.6 is 23.2 Å². The summed E-state index contributed by atoms with van der Waals surface area (Å²) in [5.41, 5.74) is 4.85. The Morgan fingerprint density at radius 3 is 1.76 bits per heavy atom. The van der Waals surface area contributed by atoms with Gasteiger partial charge in [0, 0.05) is 29.3 Å². The number of carbonyl (C=O) groups excluding carboxylic acids is 1. The van der Waals surface area contributed by atoms with Crippen molar-refractivity contribution >= 4 is 51.6 Å². The highest BCUT2D eigenvalue weighted by Gasteiger charge is 2.21. The first-order valence-corrected chi connectivity index (χ1v) is 13.3. The van der Waals surface area contributed by atoms with Crippen LogP contribution in [-0.2, 0) is 9.47 Å². The standard InChI is InChI=1S/C16H13ClN2O3.C14H9ClN2O2/c17-13-7-10(1-3-12(13)16-20-5-6-21-16)22-11-2-4-14-15(8-11)19-9-18-14;15-12-5-10(2-1-9(12)7-18)19-11-3-4-13-14(6-11)17-8-16-13/h1-4,7-9,16H,5-6H2,(H,18,19);1-8H,(H,16,17). The minimum absolute atomic E-state index is 0.370. The summed E-state index contributed by atoms with van der Waals surface area (Å²) in [5.74, 6) is 2.63. The van der Waals surface area contributed by atoms with Crippen LogP contribution in [0.2, 0.25) is 10.0 Å². The molecule has 1 fully saturated rings. The Hall–Kier alpha value is -4.41. The first kappa shape index (κ1) is 26.8. The van der Waals surface area contributed by atoms with Crippen molar-refractivity contribution in [3.8, 4) is 23.0 Å². The fourth-order valence-electron chi connectivity index (χ4n) is 4.20. The van der Waals surface area contributed by atoms with E-state index in [-0.39, 0.29) is 6.29 Å². The number of imidazole rings is 2. The molecule has 11 heteroatoms. The minimum atomic E-state index is -0.386. The SMILES string of the molecule is Clc1cc(Oc2ccc3nc[nH]c3c2)ccc1C1OCCO1.O=Cc1ccc(Oc2ccc3nc[nH]c3c2)cc1Cl. The number of carbonyl (C=O) groups is 1. The van der Waals surface area contributed by atoms with E-state index in [4.69, 9.17) is 42.1 Å². The topological polar surface area (TPSA) is 111 Å². The van der Waals surface area contributed by atoms with E-state index < -0.39 is 0 Å². The molecule has 1 aliphatic heterocycles. The van der Waals surface area contributed by atoms with Crippen LogP contribution in [0.15, 0.2) is 85.5 Å². The number of ether oxygens (including phenoxy) is 4. The number of hydrogen-bond acceptors (Lipinski definition) is 7. The fraction of sp³-hybridized carbons (Fsp3) is 0.100. The van der Waals surface area contributed by atoms with Gasteiger partial charge in [0.25, 0.3) is 0 Å². The number of aldehydes is 1. The molecule has 0 amide bonds. The Labute approximate surface area is 244 Å². The maximum Gasteiger partial charge on any atom is 0.185 e. The van der Waals surface area contributed by atoms with Crippen LogP contribution in [0, 0.1) is 0 Å². The lowest BCUT2D eigenvalue weighted by atomic mass is 10.2. The van der Waals surface area contributed by atoms with Crippen molar-refractivity contribution in [2.75, 3.05) is 13.2 Å². The third kappa shape index (κ3) is 6.18. The van der Waals surface area contributed by atoms with Gasteiger partial charge in [-0.1, -0.05) is 23.2 Å². The maximum absolute atomic E-state index is 10.7. The molecule has 0 radical (unpaired) electrons. The largest absolute Gasteiger partial charge is 0.457 e. The van der Waals surface area contributed by atoms with Gasteiger partial charge in [-0.3, -0.25) is 4.79 Å². The van der Waals surface area contributed by atoms with Gasteiger partial charge in [-0.15, -0.1) is 0 Å². The quantitative estimate of drug-likeness (QED) is 0.190. The van der Waals surface area contributed by atoms with Crippen molar-refractivity contribution in [1.29, 1.82) is 0 Å². The number of aromatic amines is 2. The summed E-state index contributed by atoms with van der Waals surface area (Å²) in [7, 11) is 0. The predicted octanol–water partition coefficient (Wildman–Crippen LogP) is 7.88. The lowest BCUT2D eigenvalue weighted by Crippen LogP contribution is -1.99. The van der Waals surface area contributed by atoms with E-state index in [1.165, 1.54) is 0 Å². The summed E-state index contributed by atoms with van der Waals surface area (Å²) in [6.07, 6.45) is 3.61. The van der Waals surface area contributed by atoms with E-state index in [2.05, 4.69) is 19.9 Å². The molecule has 0 atom stereocenters. The number of nitrogens with one attached hydrogen (secondary N) is 2. The smallest absolute Gasteiger partial charge is 0.185 e. The Bertz CT molecular complexity index is 1830. The normalized spacial score (nSPS) is 13.2. The summed E-state index contributed by atoms with van der Waals surface area (Å²) in [6.45, 7) is 1.17. The molecule has 0 unspecified atom stereocenters. The summed E-state index contributed by atoms with van der Waals surface area (Å²) < 4.78 is 22.4. The summed E-state index contributed by atoms with van der Waals surface area (Å²) in [6, 6.07) is 21.6. The molecule has 3 heterocycles. The molecule has 9 nitrogen and oxygen atoms in total. The van der Waals surface area contributed by atoms with E-state index in [1.54, 1.807) is 36.9 Å². The summed E-state index contributed by atoms with van der Waals surface area (Å²) in [4.78, 5) is 25.1. The van der Waals surface area contributed by atoms with Gasteiger partial charge in [-0.2, -0.15) is 0 Å². The van der Waals surface area contributed by atoms with E-state index in [0.717, 1.165) is 27.6 Å². The molecule has 0 spiro atoms. The van der Waals surface area contributed by atoms with Gasteiger partial charge in [0.2, 0.25) is 0 Å². The number of rotatable bonds is 6. The lowest BCUT2D eigenvalue weighted by molar-refractivity contribution is -0.0440. The van der Waals surface area contributed by atoms with Gasteiger partial charge >= 0.3 is 0 Å². The molecule has 0 bridgehead atoms. The van der Waals surface area contributed by atoms with Crippen molar-refractivity contribution in [2.24, 2.45) is 0 Å². The van der Waals surface area contributed by atoms with Crippen molar-refractivity contribution in [2.45, 2.75) is 6.29 Å². The second kappa shape index (κ2) is 12.0. The predicted molar refractivity (Wildman–Crippen MR) is 155 cm³/mol. The first-order chi connectivity index (χ1) is 20.1. The van der Waals surface area contributed by atoms with E-state index >= 15 is 0 Å². The fourth-order valence-corrected chi connectivity index (χ4v) is 4.67. The number of hydrogen-bond donors (Lipinski definition) is 2. The van der Waals surface area contributed by atoms with Crippen molar-refractivity contribution in [3.05, 3.63) is 107 Å². The molecule has 1 saturated heterocycles. The van der Waals surface area contributed by atoms with Crippen LogP contribution in [0.5, 0.6) is 23.0 Å².